The molecule has 0 aliphatic rings. The van der Waals surface area contributed by atoms with E-state index in [1.54, 1.807) is 6.26 Å². The summed E-state index contributed by atoms with van der Waals surface area (Å²) in [4.78, 5) is 0. The standard InChI is InChI=1S/C7H11NO/c1-6-3-7(4-8-2)9-5-6/h3,5,8H,4H2,1-2H3. The first kappa shape index (κ1) is 6.36. The van der Waals surface area contributed by atoms with Crippen molar-refractivity contribution >= 4 is 0 Å². The molecule has 0 unspecified atom stereocenters. The molecule has 2 nitrogen and oxygen atoms in total. The van der Waals surface area contributed by atoms with Crippen molar-refractivity contribution in [2.45, 2.75) is 13.5 Å². The molecule has 1 N–H and O–H groups in total. The van der Waals surface area contributed by atoms with Gasteiger partial charge >= 0.3 is 0 Å². The average Bonchev–Trinajstić information content (AvgIpc) is 2.17. The predicted octanol–water partition coefficient (Wildman–Crippen LogP) is 1.31. The fourth-order valence-electron chi connectivity index (χ4n) is 0.758. The zero-order valence-electron chi connectivity index (χ0n) is 5.77. The van der Waals surface area contributed by atoms with E-state index in [4.69, 9.17) is 4.42 Å². The van der Waals surface area contributed by atoms with Crippen LogP contribution >= 0.6 is 0 Å². The Morgan fingerprint density at radius 1 is 1.67 bits per heavy atom. The SMILES string of the molecule is CNCc1cc(C)co1. The van der Waals surface area contributed by atoms with Gasteiger partial charge in [0.2, 0.25) is 0 Å². The average molecular weight is 125 g/mol. The van der Waals surface area contributed by atoms with Crippen molar-refractivity contribution in [2.24, 2.45) is 0 Å². The van der Waals surface area contributed by atoms with Gasteiger partial charge in [-0.05, 0) is 25.6 Å². The third-order valence-electron chi connectivity index (χ3n) is 1.14. The first-order valence-corrected chi connectivity index (χ1v) is 3.01. The summed E-state index contributed by atoms with van der Waals surface area (Å²) in [6.45, 7) is 2.83. The van der Waals surface area contributed by atoms with Gasteiger partial charge in [-0.15, -0.1) is 0 Å². The van der Waals surface area contributed by atoms with Crippen molar-refractivity contribution in [1.29, 1.82) is 0 Å². The second-order valence-electron chi connectivity index (χ2n) is 2.12. The summed E-state index contributed by atoms with van der Waals surface area (Å²) in [5, 5.41) is 3.00. The smallest absolute Gasteiger partial charge is 0.117 e. The van der Waals surface area contributed by atoms with Crippen LogP contribution in [0.2, 0.25) is 0 Å². The summed E-state index contributed by atoms with van der Waals surface area (Å²) >= 11 is 0. The number of rotatable bonds is 2. The van der Waals surface area contributed by atoms with E-state index < -0.39 is 0 Å². The largest absolute Gasteiger partial charge is 0.468 e. The zero-order valence-corrected chi connectivity index (χ0v) is 5.77. The summed E-state index contributed by atoms with van der Waals surface area (Å²) in [7, 11) is 1.90. The molecule has 0 saturated carbocycles. The van der Waals surface area contributed by atoms with E-state index in [2.05, 4.69) is 5.32 Å². The van der Waals surface area contributed by atoms with Gasteiger partial charge in [-0.2, -0.15) is 0 Å². The van der Waals surface area contributed by atoms with Crippen molar-refractivity contribution < 1.29 is 4.42 Å². The van der Waals surface area contributed by atoms with Crippen molar-refractivity contribution in [3.8, 4) is 0 Å². The van der Waals surface area contributed by atoms with Crippen LogP contribution < -0.4 is 5.32 Å². The normalized spacial score (nSPS) is 10.0. The predicted molar refractivity (Wildman–Crippen MR) is 36.2 cm³/mol. The molecule has 0 spiro atoms. The fraction of sp³-hybridized carbons (Fsp3) is 0.429. The highest BCUT2D eigenvalue weighted by atomic mass is 16.3. The highest BCUT2D eigenvalue weighted by Gasteiger charge is 1.93. The topological polar surface area (TPSA) is 25.2 Å². The molecule has 0 fully saturated rings. The molecule has 0 aliphatic carbocycles. The summed E-state index contributed by atoms with van der Waals surface area (Å²) < 4.78 is 5.14. The molecule has 1 rings (SSSR count). The lowest BCUT2D eigenvalue weighted by Crippen LogP contribution is -2.03. The van der Waals surface area contributed by atoms with Crippen LogP contribution in [-0.2, 0) is 6.54 Å². The Hall–Kier alpha value is -0.760. The van der Waals surface area contributed by atoms with Crippen LogP contribution in [0.5, 0.6) is 0 Å². The number of nitrogens with one attached hydrogen (secondary N) is 1. The molecule has 2 heteroatoms. The van der Waals surface area contributed by atoms with Gasteiger partial charge in [0.05, 0.1) is 12.8 Å². The van der Waals surface area contributed by atoms with E-state index in [-0.39, 0.29) is 0 Å². The summed E-state index contributed by atoms with van der Waals surface area (Å²) in [5.41, 5.74) is 1.18. The maximum atomic E-state index is 5.14. The molecule has 0 saturated heterocycles. The van der Waals surface area contributed by atoms with Gasteiger partial charge in [-0.1, -0.05) is 0 Å². The molecular formula is C7H11NO. The van der Waals surface area contributed by atoms with Gasteiger partial charge < -0.3 is 9.73 Å². The summed E-state index contributed by atoms with van der Waals surface area (Å²) in [5.74, 6) is 0.995. The number of aryl methyl sites for hydroxylation is 1. The van der Waals surface area contributed by atoms with Gasteiger partial charge in [0.15, 0.2) is 0 Å². The van der Waals surface area contributed by atoms with Crippen molar-refractivity contribution in [3.63, 3.8) is 0 Å². The molecule has 0 bridgehead atoms. The Labute approximate surface area is 54.9 Å². The highest BCUT2D eigenvalue weighted by Crippen LogP contribution is 2.04. The monoisotopic (exact) mass is 125 g/mol. The molecule has 1 heterocycles. The Morgan fingerprint density at radius 3 is 2.89 bits per heavy atom. The van der Waals surface area contributed by atoms with Crippen LogP contribution in [-0.4, -0.2) is 7.05 Å². The fourth-order valence-corrected chi connectivity index (χ4v) is 0.758. The number of hydrogen-bond acceptors (Lipinski definition) is 2. The molecule has 0 atom stereocenters. The minimum atomic E-state index is 0.813. The Balaban J connectivity index is 2.61. The first-order valence-electron chi connectivity index (χ1n) is 3.01. The lowest BCUT2D eigenvalue weighted by molar-refractivity contribution is 0.494. The lowest BCUT2D eigenvalue weighted by atomic mass is 10.3. The molecule has 50 valence electrons. The van der Waals surface area contributed by atoms with Crippen LogP contribution in [0.15, 0.2) is 16.7 Å². The van der Waals surface area contributed by atoms with E-state index in [9.17, 15) is 0 Å². The molecule has 0 amide bonds. The molecule has 9 heavy (non-hydrogen) atoms. The van der Waals surface area contributed by atoms with Crippen LogP contribution in [0, 0.1) is 6.92 Å². The van der Waals surface area contributed by atoms with Crippen LogP contribution in [0.4, 0.5) is 0 Å². The third kappa shape index (κ3) is 1.57. The van der Waals surface area contributed by atoms with Crippen molar-refractivity contribution in [2.75, 3.05) is 7.05 Å². The molecule has 1 aromatic rings. The Morgan fingerprint density at radius 2 is 2.44 bits per heavy atom. The van der Waals surface area contributed by atoms with Crippen LogP contribution in [0.25, 0.3) is 0 Å². The van der Waals surface area contributed by atoms with Gasteiger partial charge in [-0.3, -0.25) is 0 Å². The second kappa shape index (κ2) is 2.69. The summed E-state index contributed by atoms with van der Waals surface area (Å²) in [6.07, 6.45) is 1.76. The Kier molecular flexibility index (Phi) is 1.90. The van der Waals surface area contributed by atoms with E-state index in [1.165, 1.54) is 5.56 Å². The zero-order chi connectivity index (χ0) is 6.69. The van der Waals surface area contributed by atoms with Crippen molar-refractivity contribution in [1.82, 2.24) is 5.32 Å². The van der Waals surface area contributed by atoms with E-state index in [0.29, 0.717) is 0 Å². The maximum Gasteiger partial charge on any atom is 0.117 e. The summed E-state index contributed by atoms with van der Waals surface area (Å²) in [6, 6.07) is 2.02. The maximum absolute atomic E-state index is 5.14. The van der Waals surface area contributed by atoms with E-state index in [0.717, 1.165) is 12.3 Å². The molecule has 0 aromatic carbocycles. The quantitative estimate of drug-likeness (QED) is 0.644. The molecule has 1 aromatic heterocycles. The minimum Gasteiger partial charge on any atom is -0.468 e. The second-order valence-corrected chi connectivity index (χ2v) is 2.12. The first-order chi connectivity index (χ1) is 4.33. The number of hydrogen-bond donors (Lipinski definition) is 1. The van der Waals surface area contributed by atoms with E-state index >= 15 is 0 Å². The van der Waals surface area contributed by atoms with Crippen LogP contribution in [0.1, 0.15) is 11.3 Å². The molecule has 0 aliphatic heterocycles. The Bertz CT molecular complexity index is 181. The molecular weight excluding hydrogens is 114 g/mol. The van der Waals surface area contributed by atoms with Gasteiger partial charge in [0.1, 0.15) is 5.76 Å². The highest BCUT2D eigenvalue weighted by molar-refractivity contribution is 5.09. The molecule has 0 radical (unpaired) electrons. The van der Waals surface area contributed by atoms with E-state index in [1.807, 2.05) is 20.0 Å². The number of furan rings is 1. The van der Waals surface area contributed by atoms with Crippen molar-refractivity contribution in [3.05, 3.63) is 23.7 Å². The lowest BCUT2D eigenvalue weighted by Gasteiger charge is -1.89. The van der Waals surface area contributed by atoms with Crippen LogP contribution in [0.3, 0.4) is 0 Å². The van der Waals surface area contributed by atoms with Gasteiger partial charge in [0, 0.05) is 0 Å². The van der Waals surface area contributed by atoms with Gasteiger partial charge in [0.25, 0.3) is 0 Å². The van der Waals surface area contributed by atoms with Gasteiger partial charge in [-0.25, -0.2) is 0 Å². The minimum absolute atomic E-state index is 0.813. The third-order valence-corrected chi connectivity index (χ3v) is 1.14.